The van der Waals surface area contributed by atoms with Crippen LogP contribution in [0.15, 0.2) is 53.4 Å². The van der Waals surface area contributed by atoms with Gasteiger partial charge in [-0.05, 0) is 49.7 Å². The fourth-order valence-electron chi connectivity index (χ4n) is 3.51. The van der Waals surface area contributed by atoms with E-state index in [2.05, 4.69) is 12.0 Å². The van der Waals surface area contributed by atoms with Gasteiger partial charge in [0.15, 0.2) is 6.61 Å². The van der Waals surface area contributed by atoms with Gasteiger partial charge in [-0.2, -0.15) is 5.10 Å². The van der Waals surface area contributed by atoms with E-state index in [1.807, 2.05) is 24.3 Å². The predicted octanol–water partition coefficient (Wildman–Crippen LogP) is 5.05. The fraction of sp³-hybridized carbons (Fsp3) is 0.261. The van der Waals surface area contributed by atoms with Crippen LogP contribution in [-0.4, -0.2) is 40.1 Å². The van der Waals surface area contributed by atoms with E-state index in [0.717, 1.165) is 17.0 Å². The molecule has 6 nitrogen and oxygen atoms in total. The molecule has 32 heavy (non-hydrogen) atoms. The van der Waals surface area contributed by atoms with E-state index in [-0.39, 0.29) is 16.6 Å². The minimum atomic E-state index is -0.736. The number of ether oxygens (including phenoxy) is 1. The Morgan fingerprint density at radius 2 is 1.94 bits per heavy atom. The van der Waals surface area contributed by atoms with E-state index < -0.39 is 18.4 Å². The smallest absolute Gasteiger partial charge is 0.343 e. The number of halogens is 2. The number of anilines is 1. The van der Waals surface area contributed by atoms with Crippen LogP contribution in [0.4, 0.5) is 10.1 Å². The maximum Gasteiger partial charge on any atom is 0.343 e. The quantitative estimate of drug-likeness (QED) is 0.496. The molecule has 2 aromatic carbocycles. The summed E-state index contributed by atoms with van der Waals surface area (Å²) >= 11 is 8.10. The molecule has 0 saturated heterocycles. The molecule has 166 valence electrons. The van der Waals surface area contributed by atoms with Crippen molar-refractivity contribution < 1.29 is 18.7 Å². The molecule has 1 aliphatic heterocycles. The number of carbonyl (C=O) groups excluding carboxylic acids is 2. The van der Waals surface area contributed by atoms with Crippen molar-refractivity contribution in [2.45, 2.75) is 30.4 Å². The molecule has 0 aliphatic carbocycles. The molecule has 1 atom stereocenters. The second kappa shape index (κ2) is 9.34. The van der Waals surface area contributed by atoms with E-state index in [1.54, 1.807) is 23.6 Å². The second-order valence-electron chi connectivity index (χ2n) is 7.45. The number of fused-ring (bicyclic) bond motifs is 1. The van der Waals surface area contributed by atoms with Crippen LogP contribution in [0.25, 0.3) is 5.69 Å². The first-order valence-electron chi connectivity index (χ1n) is 10.1. The molecule has 0 bridgehead atoms. The first-order valence-corrected chi connectivity index (χ1v) is 11.3. The number of hydrogen-bond donors (Lipinski definition) is 0. The maximum absolute atomic E-state index is 13.2. The van der Waals surface area contributed by atoms with E-state index >= 15 is 0 Å². The van der Waals surface area contributed by atoms with Crippen molar-refractivity contribution >= 4 is 40.9 Å². The van der Waals surface area contributed by atoms with Crippen LogP contribution in [0.3, 0.4) is 0 Å². The lowest BCUT2D eigenvalue weighted by Gasteiger charge is -2.22. The first-order chi connectivity index (χ1) is 15.3. The van der Waals surface area contributed by atoms with Crippen LogP contribution in [0.5, 0.6) is 0 Å². The molecule has 3 aromatic rings. The van der Waals surface area contributed by atoms with Gasteiger partial charge < -0.3 is 9.64 Å². The van der Waals surface area contributed by atoms with Crippen LogP contribution in [0, 0.1) is 12.7 Å². The van der Waals surface area contributed by atoms with Crippen molar-refractivity contribution in [1.29, 1.82) is 0 Å². The standard InChI is InChI=1S/C23H21ClFN3O3S/c1-14-11-12-27(18-5-3-4-6-19(18)32-14)20(29)13-31-23(30)21-15(2)26-28(22(21)24)17-9-7-16(25)8-10-17/h3-10,14H,11-13H2,1-2H3/t14-/m1/s1. The van der Waals surface area contributed by atoms with E-state index in [1.165, 1.54) is 28.9 Å². The lowest BCUT2D eigenvalue weighted by atomic mass is 10.2. The number of carbonyl (C=O) groups is 2. The van der Waals surface area contributed by atoms with Crippen LogP contribution in [-0.2, 0) is 9.53 Å². The third kappa shape index (κ3) is 4.52. The Bertz CT molecular complexity index is 1170. The number of hydrogen-bond acceptors (Lipinski definition) is 5. The highest BCUT2D eigenvalue weighted by Gasteiger charge is 2.27. The van der Waals surface area contributed by atoms with E-state index in [4.69, 9.17) is 16.3 Å². The van der Waals surface area contributed by atoms with Gasteiger partial charge in [0.25, 0.3) is 5.91 Å². The largest absolute Gasteiger partial charge is 0.452 e. The normalized spacial score (nSPS) is 15.8. The molecule has 9 heteroatoms. The average molecular weight is 474 g/mol. The average Bonchev–Trinajstić information content (AvgIpc) is 2.96. The van der Waals surface area contributed by atoms with Gasteiger partial charge in [-0.1, -0.05) is 30.7 Å². The molecular weight excluding hydrogens is 453 g/mol. The van der Waals surface area contributed by atoms with Gasteiger partial charge in [-0.3, -0.25) is 4.79 Å². The van der Waals surface area contributed by atoms with Crippen molar-refractivity contribution in [2.24, 2.45) is 0 Å². The minimum Gasteiger partial charge on any atom is -0.452 e. The zero-order valence-corrected chi connectivity index (χ0v) is 19.1. The summed E-state index contributed by atoms with van der Waals surface area (Å²) in [5.41, 5.74) is 1.75. The summed E-state index contributed by atoms with van der Waals surface area (Å²) in [5, 5.41) is 4.67. The van der Waals surface area contributed by atoms with Crippen LogP contribution in [0.2, 0.25) is 5.15 Å². The summed E-state index contributed by atoms with van der Waals surface area (Å²) in [5.74, 6) is -1.44. The summed E-state index contributed by atoms with van der Waals surface area (Å²) < 4.78 is 19.9. The molecule has 0 saturated carbocycles. The van der Waals surface area contributed by atoms with Gasteiger partial charge in [0.2, 0.25) is 0 Å². The van der Waals surface area contributed by atoms with Gasteiger partial charge in [0.1, 0.15) is 16.5 Å². The maximum atomic E-state index is 13.2. The highest BCUT2D eigenvalue weighted by Crippen LogP contribution is 2.37. The number of thioether (sulfide) groups is 1. The lowest BCUT2D eigenvalue weighted by Crippen LogP contribution is -2.35. The van der Waals surface area contributed by atoms with Crippen molar-refractivity contribution in [3.05, 3.63) is 70.8 Å². The molecule has 2 heterocycles. The van der Waals surface area contributed by atoms with Crippen molar-refractivity contribution in [3.63, 3.8) is 0 Å². The molecule has 1 amide bonds. The predicted molar refractivity (Wildman–Crippen MR) is 122 cm³/mol. The number of aromatic nitrogens is 2. The number of benzene rings is 2. The molecule has 0 N–H and O–H groups in total. The Morgan fingerprint density at radius 1 is 1.22 bits per heavy atom. The molecule has 0 radical (unpaired) electrons. The van der Waals surface area contributed by atoms with Crippen LogP contribution in [0.1, 0.15) is 29.4 Å². The molecule has 1 aromatic heterocycles. The van der Waals surface area contributed by atoms with Gasteiger partial charge in [0.05, 0.1) is 17.1 Å². The van der Waals surface area contributed by atoms with Gasteiger partial charge >= 0.3 is 5.97 Å². The Kier molecular flexibility index (Phi) is 6.53. The third-order valence-electron chi connectivity index (χ3n) is 5.15. The molecule has 0 spiro atoms. The van der Waals surface area contributed by atoms with Crippen molar-refractivity contribution in [2.75, 3.05) is 18.1 Å². The summed E-state index contributed by atoms with van der Waals surface area (Å²) in [6.07, 6.45) is 0.828. The van der Waals surface area contributed by atoms with Crippen LogP contribution < -0.4 is 4.90 Å². The van der Waals surface area contributed by atoms with Gasteiger partial charge in [0, 0.05) is 16.7 Å². The molecule has 0 fully saturated rings. The number of rotatable bonds is 4. The third-order valence-corrected chi connectivity index (χ3v) is 6.74. The number of nitrogens with zero attached hydrogens (tertiary/aromatic N) is 3. The lowest BCUT2D eigenvalue weighted by molar-refractivity contribution is -0.121. The zero-order chi connectivity index (χ0) is 22.8. The summed E-state index contributed by atoms with van der Waals surface area (Å²) in [4.78, 5) is 28.4. The van der Waals surface area contributed by atoms with Crippen molar-refractivity contribution in [3.8, 4) is 5.69 Å². The highest BCUT2D eigenvalue weighted by molar-refractivity contribution is 8.00. The van der Waals surface area contributed by atoms with Crippen molar-refractivity contribution in [1.82, 2.24) is 9.78 Å². The molecule has 4 rings (SSSR count). The second-order valence-corrected chi connectivity index (χ2v) is 9.28. The molecule has 1 aliphatic rings. The number of amides is 1. The Hall–Kier alpha value is -2.84. The SMILES string of the molecule is Cc1nn(-c2ccc(F)cc2)c(Cl)c1C(=O)OCC(=O)N1CC[C@@H](C)Sc2ccccc21. The first kappa shape index (κ1) is 22.4. The summed E-state index contributed by atoms with van der Waals surface area (Å²) in [6.45, 7) is 3.88. The Balaban J connectivity index is 1.50. The molecular formula is C23H21ClFN3O3S. The number of esters is 1. The monoisotopic (exact) mass is 473 g/mol. The van der Waals surface area contributed by atoms with Gasteiger partial charge in [-0.25, -0.2) is 13.9 Å². The Morgan fingerprint density at radius 3 is 2.69 bits per heavy atom. The summed E-state index contributed by atoms with van der Waals surface area (Å²) in [7, 11) is 0. The summed E-state index contributed by atoms with van der Waals surface area (Å²) in [6, 6.07) is 13.3. The van der Waals surface area contributed by atoms with E-state index in [0.29, 0.717) is 23.2 Å². The zero-order valence-electron chi connectivity index (χ0n) is 17.5. The fourth-order valence-corrected chi connectivity index (χ4v) is 4.97. The number of para-hydroxylation sites is 1. The van der Waals surface area contributed by atoms with Crippen LogP contribution >= 0.6 is 23.4 Å². The van der Waals surface area contributed by atoms with E-state index in [9.17, 15) is 14.0 Å². The topological polar surface area (TPSA) is 64.4 Å². The molecule has 0 unspecified atom stereocenters. The van der Waals surface area contributed by atoms with Gasteiger partial charge in [-0.15, -0.1) is 11.8 Å². The minimum absolute atomic E-state index is 0.0388. The highest BCUT2D eigenvalue weighted by atomic mass is 35.5. The number of aryl methyl sites for hydroxylation is 1. The Labute approximate surface area is 194 Å².